The zero-order valence-corrected chi connectivity index (χ0v) is 8.17. The van der Waals surface area contributed by atoms with Crippen molar-refractivity contribution >= 4 is 5.91 Å². The first kappa shape index (κ1) is 11.2. The van der Waals surface area contributed by atoms with Gasteiger partial charge in [0.2, 0.25) is 0 Å². The van der Waals surface area contributed by atoms with Gasteiger partial charge in [-0.2, -0.15) is 0 Å². The fourth-order valence-electron chi connectivity index (χ4n) is 1.05. The molecule has 3 nitrogen and oxygen atoms in total. The molecule has 0 saturated heterocycles. The molecule has 1 amide bonds. The predicted octanol–water partition coefficient (Wildman–Crippen LogP) is 0.529. The zero-order chi connectivity index (χ0) is 11.3. The number of halogens is 1. The van der Waals surface area contributed by atoms with Gasteiger partial charge in [-0.05, 0) is 18.2 Å². The van der Waals surface area contributed by atoms with Crippen molar-refractivity contribution in [3.05, 3.63) is 35.1 Å². The van der Waals surface area contributed by atoms with Crippen LogP contribution in [0, 0.1) is 17.7 Å². The first-order valence-corrected chi connectivity index (χ1v) is 4.30. The smallest absolute Gasteiger partial charge is 0.254 e. The third-order valence-electron chi connectivity index (χ3n) is 1.75. The van der Waals surface area contributed by atoms with Gasteiger partial charge in [0.25, 0.3) is 5.91 Å². The van der Waals surface area contributed by atoms with E-state index in [1.165, 1.54) is 25.2 Å². The normalized spacial score (nSPS) is 9.00. The van der Waals surface area contributed by atoms with Gasteiger partial charge in [0.05, 0.1) is 5.56 Å². The van der Waals surface area contributed by atoms with E-state index in [0.717, 1.165) is 0 Å². The summed E-state index contributed by atoms with van der Waals surface area (Å²) < 4.78 is 13.2. The van der Waals surface area contributed by atoms with Crippen molar-refractivity contribution < 1.29 is 14.3 Å². The van der Waals surface area contributed by atoms with Crippen molar-refractivity contribution in [2.75, 3.05) is 13.7 Å². The monoisotopic (exact) mass is 207 g/mol. The summed E-state index contributed by atoms with van der Waals surface area (Å²) in [5.74, 6) is 3.92. The summed E-state index contributed by atoms with van der Waals surface area (Å²) in [5, 5.41) is 10.8. The lowest BCUT2D eigenvalue weighted by Crippen LogP contribution is -2.19. The van der Waals surface area contributed by atoms with E-state index >= 15 is 0 Å². The molecule has 1 aromatic carbocycles. The van der Waals surface area contributed by atoms with Crippen LogP contribution in [0.25, 0.3) is 0 Å². The molecule has 0 aliphatic heterocycles. The Bertz CT molecular complexity index is 432. The molecule has 15 heavy (non-hydrogen) atoms. The number of rotatable bonds is 1. The summed E-state index contributed by atoms with van der Waals surface area (Å²) in [6.45, 7) is -0.271. The maximum absolute atomic E-state index is 13.2. The minimum atomic E-state index is -0.594. The zero-order valence-electron chi connectivity index (χ0n) is 8.17. The highest BCUT2D eigenvalue weighted by Crippen LogP contribution is 2.09. The standard InChI is InChI=1S/C11H10FNO2/c1-13-11(15)9-7-8(3-2-6-14)4-5-10(9)12/h4-5,7,14H,6H2,1H3,(H,13,15). The van der Waals surface area contributed by atoms with E-state index in [0.29, 0.717) is 5.56 Å². The van der Waals surface area contributed by atoms with Crippen LogP contribution < -0.4 is 5.32 Å². The summed E-state index contributed by atoms with van der Waals surface area (Å²) in [6.07, 6.45) is 0. The molecule has 0 saturated carbocycles. The highest BCUT2D eigenvalue weighted by molar-refractivity contribution is 5.94. The van der Waals surface area contributed by atoms with Gasteiger partial charge >= 0.3 is 0 Å². The van der Waals surface area contributed by atoms with E-state index in [-0.39, 0.29) is 12.2 Å². The summed E-state index contributed by atoms with van der Waals surface area (Å²) in [6, 6.07) is 3.97. The predicted molar refractivity (Wildman–Crippen MR) is 53.8 cm³/mol. The summed E-state index contributed by atoms with van der Waals surface area (Å²) in [7, 11) is 1.42. The fourth-order valence-corrected chi connectivity index (χ4v) is 1.05. The molecule has 1 aromatic rings. The Morgan fingerprint density at radius 1 is 1.60 bits per heavy atom. The van der Waals surface area contributed by atoms with E-state index in [4.69, 9.17) is 5.11 Å². The topological polar surface area (TPSA) is 49.3 Å². The molecule has 2 N–H and O–H groups in total. The summed E-state index contributed by atoms with van der Waals surface area (Å²) in [5.41, 5.74) is 0.436. The van der Waals surface area contributed by atoms with Gasteiger partial charge in [-0.3, -0.25) is 4.79 Å². The van der Waals surface area contributed by atoms with Crippen LogP contribution in [0.1, 0.15) is 15.9 Å². The van der Waals surface area contributed by atoms with Crippen LogP contribution in [0.5, 0.6) is 0 Å². The Hall–Kier alpha value is -1.86. The first-order valence-electron chi connectivity index (χ1n) is 4.30. The van der Waals surface area contributed by atoms with E-state index < -0.39 is 11.7 Å². The maximum Gasteiger partial charge on any atom is 0.254 e. The third-order valence-corrected chi connectivity index (χ3v) is 1.75. The third kappa shape index (κ3) is 2.79. The fraction of sp³-hybridized carbons (Fsp3) is 0.182. The molecule has 4 heteroatoms. The number of aliphatic hydroxyl groups excluding tert-OH is 1. The number of nitrogens with one attached hydrogen (secondary N) is 1. The van der Waals surface area contributed by atoms with Crippen molar-refractivity contribution in [1.82, 2.24) is 5.32 Å². The lowest BCUT2D eigenvalue weighted by Gasteiger charge is -2.01. The summed E-state index contributed by atoms with van der Waals surface area (Å²) >= 11 is 0. The average Bonchev–Trinajstić information content (AvgIpc) is 2.27. The highest BCUT2D eigenvalue weighted by atomic mass is 19.1. The van der Waals surface area contributed by atoms with Gasteiger partial charge in [-0.25, -0.2) is 4.39 Å². The van der Waals surface area contributed by atoms with Crippen molar-refractivity contribution in [3.8, 4) is 11.8 Å². The number of hydrogen-bond donors (Lipinski definition) is 2. The number of hydrogen-bond acceptors (Lipinski definition) is 2. The van der Waals surface area contributed by atoms with Crippen LogP contribution >= 0.6 is 0 Å². The highest BCUT2D eigenvalue weighted by Gasteiger charge is 2.09. The average molecular weight is 207 g/mol. The second kappa shape index (κ2) is 5.13. The molecule has 0 heterocycles. The van der Waals surface area contributed by atoms with E-state index in [9.17, 15) is 9.18 Å². The van der Waals surface area contributed by atoms with Crippen LogP contribution in [0.3, 0.4) is 0 Å². The van der Waals surface area contributed by atoms with Gasteiger partial charge in [-0.15, -0.1) is 0 Å². The molecule has 0 atom stereocenters. The summed E-state index contributed by atoms with van der Waals surface area (Å²) in [4.78, 5) is 11.2. The van der Waals surface area contributed by atoms with Crippen molar-refractivity contribution in [2.45, 2.75) is 0 Å². The van der Waals surface area contributed by atoms with Crippen LogP contribution in [-0.4, -0.2) is 24.7 Å². The van der Waals surface area contributed by atoms with Gasteiger partial charge in [0.15, 0.2) is 0 Å². The number of carbonyl (C=O) groups is 1. The number of amides is 1. The minimum absolute atomic E-state index is 0.0535. The second-order valence-corrected chi connectivity index (χ2v) is 2.73. The van der Waals surface area contributed by atoms with Crippen molar-refractivity contribution in [3.63, 3.8) is 0 Å². The molecule has 0 fully saturated rings. The minimum Gasteiger partial charge on any atom is -0.384 e. The Morgan fingerprint density at radius 2 is 2.33 bits per heavy atom. The number of carbonyl (C=O) groups excluding carboxylic acids is 1. The maximum atomic E-state index is 13.2. The van der Waals surface area contributed by atoms with Crippen molar-refractivity contribution in [1.29, 1.82) is 0 Å². The Labute approximate surface area is 86.9 Å². The van der Waals surface area contributed by atoms with Crippen LogP contribution in [0.4, 0.5) is 4.39 Å². The molecular formula is C11H10FNO2. The number of benzene rings is 1. The van der Waals surface area contributed by atoms with E-state index in [1.807, 2.05) is 0 Å². The molecule has 78 valence electrons. The lowest BCUT2D eigenvalue weighted by molar-refractivity contribution is 0.0959. The molecule has 0 unspecified atom stereocenters. The molecule has 0 aliphatic rings. The van der Waals surface area contributed by atoms with Crippen molar-refractivity contribution in [2.24, 2.45) is 0 Å². The van der Waals surface area contributed by atoms with Gasteiger partial charge in [0, 0.05) is 12.6 Å². The Balaban J connectivity index is 3.10. The SMILES string of the molecule is CNC(=O)c1cc(C#CCO)ccc1F. The van der Waals surface area contributed by atoms with Crippen LogP contribution in [0.2, 0.25) is 0 Å². The van der Waals surface area contributed by atoms with Crippen LogP contribution in [-0.2, 0) is 0 Å². The second-order valence-electron chi connectivity index (χ2n) is 2.73. The molecule has 0 aliphatic carbocycles. The molecule has 0 bridgehead atoms. The largest absolute Gasteiger partial charge is 0.384 e. The van der Waals surface area contributed by atoms with Gasteiger partial charge in [-0.1, -0.05) is 11.8 Å². The quantitative estimate of drug-likeness (QED) is 0.660. The molecule has 0 spiro atoms. The molecular weight excluding hydrogens is 197 g/mol. The number of aliphatic hydroxyl groups is 1. The lowest BCUT2D eigenvalue weighted by atomic mass is 10.1. The van der Waals surface area contributed by atoms with Gasteiger partial charge in [0.1, 0.15) is 12.4 Å². The first-order chi connectivity index (χ1) is 7.19. The van der Waals surface area contributed by atoms with E-state index in [1.54, 1.807) is 0 Å². The Morgan fingerprint density at radius 3 is 2.93 bits per heavy atom. The molecule has 0 aromatic heterocycles. The molecule has 1 rings (SSSR count). The van der Waals surface area contributed by atoms with Crippen LogP contribution in [0.15, 0.2) is 18.2 Å². The van der Waals surface area contributed by atoms with E-state index in [2.05, 4.69) is 17.2 Å². The molecule has 0 radical (unpaired) electrons. The Kier molecular flexibility index (Phi) is 3.83. The van der Waals surface area contributed by atoms with Gasteiger partial charge < -0.3 is 10.4 Å².